The molecule has 1 aliphatic heterocycles. The van der Waals surface area contributed by atoms with Crippen LogP contribution in [0.4, 0.5) is 13.6 Å². The number of nitrogens with zero attached hydrogens (tertiary/aromatic N) is 2. The summed E-state index contributed by atoms with van der Waals surface area (Å²) >= 11 is 10.7. The summed E-state index contributed by atoms with van der Waals surface area (Å²) < 4.78 is 29.8. The molecule has 16 heavy (non-hydrogen) atoms. The molecule has 0 aromatic rings. The van der Waals surface area contributed by atoms with Crippen molar-refractivity contribution in [1.82, 2.24) is 4.90 Å². The smallest absolute Gasteiger partial charge is 0.410 e. The van der Waals surface area contributed by atoms with Gasteiger partial charge in [-0.1, -0.05) is 0 Å². The molecular weight excluding hydrogens is 265 g/mol. The number of rotatable bonds is 3. The van der Waals surface area contributed by atoms with Crippen molar-refractivity contribution in [2.45, 2.75) is 17.3 Å². The lowest BCUT2D eigenvalue weighted by Crippen LogP contribution is -2.49. The fourth-order valence-electron chi connectivity index (χ4n) is 1.21. The Morgan fingerprint density at radius 2 is 2.31 bits per heavy atom. The Kier molecular flexibility index (Phi) is 5.21. The summed E-state index contributed by atoms with van der Waals surface area (Å²) in [6, 6.07) is -1.25. The minimum atomic E-state index is -2.66. The Balaban J connectivity index is 2.55. The molecule has 1 heterocycles. The fourth-order valence-corrected chi connectivity index (χ4v) is 1.33. The SMILES string of the molecule is O=C(OCC(Cl)Cl)N1CC=NCC1C(F)F. The van der Waals surface area contributed by atoms with Gasteiger partial charge in [0.2, 0.25) is 0 Å². The second-order valence-electron chi connectivity index (χ2n) is 3.07. The maximum Gasteiger partial charge on any atom is 0.410 e. The van der Waals surface area contributed by atoms with E-state index in [2.05, 4.69) is 9.73 Å². The van der Waals surface area contributed by atoms with Gasteiger partial charge in [-0.05, 0) is 0 Å². The van der Waals surface area contributed by atoms with Gasteiger partial charge in [-0.25, -0.2) is 13.6 Å². The molecule has 4 nitrogen and oxygen atoms in total. The van der Waals surface area contributed by atoms with E-state index in [9.17, 15) is 13.6 Å². The lowest BCUT2D eigenvalue weighted by molar-refractivity contribution is 0.0253. The summed E-state index contributed by atoms with van der Waals surface area (Å²) in [4.78, 5) is 15.2. The van der Waals surface area contributed by atoms with Gasteiger partial charge in [-0.15, -0.1) is 23.2 Å². The minimum absolute atomic E-state index is 0.00305. The van der Waals surface area contributed by atoms with Crippen LogP contribution < -0.4 is 0 Å². The molecule has 1 aliphatic rings. The van der Waals surface area contributed by atoms with Gasteiger partial charge in [0.15, 0.2) is 0 Å². The van der Waals surface area contributed by atoms with Gasteiger partial charge in [-0.2, -0.15) is 0 Å². The Hall–Kier alpha value is -0.620. The largest absolute Gasteiger partial charge is 0.447 e. The number of ether oxygens (including phenoxy) is 1. The third-order valence-corrected chi connectivity index (χ3v) is 2.21. The third kappa shape index (κ3) is 3.75. The number of aliphatic imine (C=N–C) groups is 1. The molecule has 0 aromatic heterocycles. The Labute approximate surface area is 101 Å². The average Bonchev–Trinajstić information content (AvgIpc) is 2.25. The second kappa shape index (κ2) is 6.20. The van der Waals surface area contributed by atoms with Gasteiger partial charge in [0, 0.05) is 6.21 Å². The first-order chi connectivity index (χ1) is 7.52. The summed E-state index contributed by atoms with van der Waals surface area (Å²) in [5.41, 5.74) is 0. The van der Waals surface area contributed by atoms with Crippen molar-refractivity contribution in [3.8, 4) is 0 Å². The van der Waals surface area contributed by atoms with E-state index in [1.165, 1.54) is 6.21 Å². The standard InChI is InChI=1S/C8H10Cl2F2N2O2/c9-6(10)4-16-8(15)14-2-1-13-3-5(14)7(11)12/h1,5-7H,2-4H2. The summed E-state index contributed by atoms with van der Waals surface area (Å²) in [7, 11) is 0. The number of carbonyl (C=O) groups is 1. The molecule has 1 rings (SSSR count). The number of halogens is 4. The zero-order valence-corrected chi connectivity index (χ0v) is 9.67. The predicted molar refractivity (Wildman–Crippen MR) is 56.7 cm³/mol. The molecule has 0 N–H and O–H groups in total. The van der Waals surface area contributed by atoms with Crippen molar-refractivity contribution in [3.05, 3.63) is 0 Å². The highest BCUT2D eigenvalue weighted by molar-refractivity contribution is 6.44. The maximum atomic E-state index is 12.6. The minimum Gasteiger partial charge on any atom is -0.447 e. The van der Waals surface area contributed by atoms with E-state index in [4.69, 9.17) is 23.2 Å². The van der Waals surface area contributed by atoms with Crippen molar-refractivity contribution < 1.29 is 18.3 Å². The molecule has 0 saturated heterocycles. The van der Waals surface area contributed by atoms with Crippen LogP contribution in [0.25, 0.3) is 0 Å². The molecule has 1 amide bonds. The van der Waals surface area contributed by atoms with Gasteiger partial charge in [0.1, 0.15) is 17.5 Å². The first-order valence-corrected chi connectivity index (χ1v) is 5.37. The fraction of sp³-hybridized carbons (Fsp3) is 0.750. The third-order valence-electron chi connectivity index (χ3n) is 1.96. The number of alkyl halides is 4. The molecule has 0 aliphatic carbocycles. The van der Waals surface area contributed by atoms with Gasteiger partial charge in [0.25, 0.3) is 6.43 Å². The molecule has 0 saturated carbocycles. The molecule has 0 bridgehead atoms. The van der Waals surface area contributed by atoms with Crippen molar-refractivity contribution in [3.63, 3.8) is 0 Å². The highest BCUT2D eigenvalue weighted by Crippen LogP contribution is 2.14. The van der Waals surface area contributed by atoms with Gasteiger partial charge < -0.3 is 4.74 Å². The summed E-state index contributed by atoms with van der Waals surface area (Å²) in [5.74, 6) is 0. The van der Waals surface area contributed by atoms with E-state index in [1.807, 2.05) is 0 Å². The zero-order chi connectivity index (χ0) is 12.1. The lowest BCUT2D eigenvalue weighted by atomic mass is 10.2. The number of hydrogen-bond donors (Lipinski definition) is 0. The normalized spacial score (nSPS) is 20.6. The van der Waals surface area contributed by atoms with Crippen LogP contribution >= 0.6 is 23.2 Å². The first kappa shape index (κ1) is 13.4. The van der Waals surface area contributed by atoms with E-state index < -0.39 is 23.4 Å². The topological polar surface area (TPSA) is 41.9 Å². The molecule has 0 radical (unpaired) electrons. The van der Waals surface area contributed by atoms with E-state index in [-0.39, 0.29) is 19.7 Å². The summed E-state index contributed by atoms with van der Waals surface area (Å²) in [6.45, 7) is -0.355. The molecule has 1 atom stereocenters. The molecule has 0 aromatic carbocycles. The average molecular weight is 275 g/mol. The molecule has 0 fully saturated rings. The number of amides is 1. The molecule has 92 valence electrons. The molecule has 0 spiro atoms. The van der Waals surface area contributed by atoms with E-state index in [0.29, 0.717) is 0 Å². The van der Waals surface area contributed by atoms with Crippen molar-refractivity contribution in [2.24, 2.45) is 4.99 Å². The number of hydrogen-bond acceptors (Lipinski definition) is 3. The van der Waals surface area contributed by atoms with Crippen molar-refractivity contribution >= 4 is 35.5 Å². The van der Waals surface area contributed by atoms with Gasteiger partial charge in [0.05, 0.1) is 13.1 Å². The quantitative estimate of drug-likeness (QED) is 0.739. The van der Waals surface area contributed by atoms with E-state index in [0.717, 1.165) is 4.90 Å². The van der Waals surface area contributed by atoms with Crippen LogP contribution in [0.5, 0.6) is 0 Å². The molecule has 8 heteroatoms. The maximum absolute atomic E-state index is 12.6. The summed E-state index contributed by atoms with van der Waals surface area (Å²) in [6.07, 6.45) is -2.13. The van der Waals surface area contributed by atoms with Crippen LogP contribution in [-0.2, 0) is 4.74 Å². The van der Waals surface area contributed by atoms with E-state index >= 15 is 0 Å². The van der Waals surface area contributed by atoms with Crippen molar-refractivity contribution in [2.75, 3.05) is 19.7 Å². The highest BCUT2D eigenvalue weighted by Gasteiger charge is 2.33. The Morgan fingerprint density at radius 3 is 2.88 bits per heavy atom. The zero-order valence-electron chi connectivity index (χ0n) is 8.15. The number of carbonyl (C=O) groups excluding carboxylic acids is 1. The van der Waals surface area contributed by atoms with Crippen LogP contribution in [0.3, 0.4) is 0 Å². The summed E-state index contributed by atoms with van der Waals surface area (Å²) in [5, 5.41) is 0. The highest BCUT2D eigenvalue weighted by atomic mass is 35.5. The lowest BCUT2D eigenvalue weighted by Gasteiger charge is -2.30. The van der Waals surface area contributed by atoms with E-state index in [1.54, 1.807) is 0 Å². The molecular formula is C8H10Cl2F2N2O2. The Morgan fingerprint density at radius 1 is 1.62 bits per heavy atom. The van der Waals surface area contributed by atoms with Crippen LogP contribution in [0.2, 0.25) is 0 Å². The van der Waals surface area contributed by atoms with Crippen LogP contribution in [0.15, 0.2) is 4.99 Å². The van der Waals surface area contributed by atoms with Crippen LogP contribution in [0, 0.1) is 0 Å². The second-order valence-corrected chi connectivity index (χ2v) is 4.35. The van der Waals surface area contributed by atoms with Crippen LogP contribution in [-0.4, -0.2) is 54.2 Å². The molecule has 1 unspecified atom stereocenters. The van der Waals surface area contributed by atoms with Crippen molar-refractivity contribution in [1.29, 1.82) is 0 Å². The van der Waals surface area contributed by atoms with Gasteiger partial charge >= 0.3 is 6.09 Å². The van der Waals surface area contributed by atoms with Gasteiger partial charge in [-0.3, -0.25) is 9.89 Å². The van der Waals surface area contributed by atoms with Crippen LogP contribution in [0.1, 0.15) is 0 Å². The first-order valence-electron chi connectivity index (χ1n) is 4.50. The predicted octanol–water partition coefficient (Wildman–Crippen LogP) is 1.95. The Bertz CT molecular complexity index is 277. The monoisotopic (exact) mass is 274 g/mol.